The van der Waals surface area contributed by atoms with Crippen LogP contribution in [0.15, 0.2) is 42.7 Å². The maximum Gasteiger partial charge on any atom is 0.278 e. The lowest BCUT2D eigenvalue weighted by molar-refractivity contribution is -0.383. The third-order valence-electron chi connectivity index (χ3n) is 4.82. The number of hydrogen-bond donors (Lipinski definition) is 2. The first-order valence-corrected chi connectivity index (χ1v) is 8.64. The minimum absolute atomic E-state index is 0.0782. The molecule has 8 heteroatoms. The van der Waals surface area contributed by atoms with Crippen LogP contribution in [0.2, 0.25) is 0 Å². The van der Waals surface area contributed by atoms with Crippen LogP contribution in [0.3, 0.4) is 0 Å². The lowest BCUT2D eigenvalue weighted by atomic mass is 9.93. The number of aliphatic hydroxyl groups excluding tert-OH is 1. The van der Waals surface area contributed by atoms with E-state index in [0.29, 0.717) is 17.2 Å². The molecule has 0 saturated heterocycles. The summed E-state index contributed by atoms with van der Waals surface area (Å²) in [6.45, 7) is 0. The van der Waals surface area contributed by atoms with Gasteiger partial charge in [0.2, 0.25) is 5.95 Å². The zero-order valence-corrected chi connectivity index (χ0v) is 14.1. The second-order valence-corrected chi connectivity index (χ2v) is 6.54. The average molecular weight is 353 g/mol. The molecule has 8 nitrogen and oxygen atoms in total. The van der Waals surface area contributed by atoms with Crippen LogP contribution in [0.25, 0.3) is 16.7 Å². The van der Waals surface area contributed by atoms with E-state index in [1.54, 1.807) is 30.6 Å². The Kier molecular flexibility index (Phi) is 4.26. The molecule has 0 unspecified atom stereocenters. The predicted molar refractivity (Wildman–Crippen MR) is 97.4 cm³/mol. The van der Waals surface area contributed by atoms with Gasteiger partial charge in [-0.05, 0) is 43.9 Å². The fourth-order valence-electron chi connectivity index (χ4n) is 3.47. The summed E-state index contributed by atoms with van der Waals surface area (Å²) < 4.78 is 1.82. The van der Waals surface area contributed by atoms with E-state index < -0.39 is 0 Å². The molecule has 2 heterocycles. The molecule has 1 saturated carbocycles. The Hall–Kier alpha value is -3.00. The second kappa shape index (κ2) is 6.72. The summed E-state index contributed by atoms with van der Waals surface area (Å²) in [5.74, 6) is 1.17. The van der Waals surface area contributed by atoms with Crippen LogP contribution < -0.4 is 5.32 Å². The number of hydrogen-bond acceptors (Lipinski definition) is 6. The highest BCUT2D eigenvalue weighted by atomic mass is 16.6. The van der Waals surface area contributed by atoms with Crippen molar-refractivity contribution in [3.63, 3.8) is 0 Å². The van der Waals surface area contributed by atoms with Crippen LogP contribution in [0.5, 0.6) is 0 Å². The number of benzene rings is 1. The molecule has 1 aromatic carbocycles. The number of rotatable bonds is 4. The van der Waals surface area contributed by atoms with Crippen molar-refractivity contribution in [3.8, 4) is 5.82 Å². The highest BCUT2D eigenvalue weighted by molar-refractivity contribution is 5.90. The molecule has 0 bridgehead atoms. The molecule has 1 aliphatic rings. The highest BCUT2D eigenvalue weighted by Gasteiger charge is 2.20. The van der Waals surface area contributed by atoms with E-state index in [9.17, 15) is 15.2 Å². The predicted octanol–water partition coefficient (Wildman–Crippen LogP) is 3.04. The van der Waals surface area contributed by atoms with E-state index in [4.69, 9.17) is 0 Å². The Labute approximate surface area is 149 Å². The van der Waals surface area contributed by atoms with Gasteiger partial charge >= 0.3 is 0 Å². The summed E-state index contributed by atoms with van der Waals surface area (Å²) in [5.41, 5.74) is 0.805. The zero-order chi connectivity index (χ0) is 18.1. The first-order valence-electron chi connectivity index (χ1n) is 8.64. The largest absolute Gasteiger partial charge is 0.393 e. The topological polar surface area (TPSA) is 106 Å². The molecule has 26 heavy (non-hydrogen) atoms. The Bertz CT molecular complexity index is 947. The molecule has 0 amide bonds. The third kappa shape index (κ3) is 3.11. The molecule has 4 rings (SSSR count). The zero-order valence-electron chi connectivity index (χ0n) is 14.1. The number of nitrogens with one attached hydrogen (secondary N) is 1. The van der Waals surface area contributed by atoms with Gasteiger partial charge in [0, 0.05) is 24.5 Å². The van der Waals surface area contributed by atoms with Crippen molar-refractivity contribution in [1.29, 1.82) is 0 Å². The molecule has 1 aliphatic carbocycles. The molecule has 0 aliphatic heterocycles. The summed E-state index contributed by atoms with van der Waals surface area (Å²) in [7, 11) is 0. The number of nitrogens with zero attached hydrogens (tertiary/aromatic N) is 4. The molecule has 1 fully saturated rings. The van der Waals surface area contributed by atoms with Crippen LogP contribution >= 0.6 is 0 Å². The summed E-state index contributed by atoms with van der Waals surface area (Å²) in [6.07, 6.45) is 6.57. The SMILES string of the molecule is O=[N+]([O-])c1cccc2c1ccn2-c1ccnc(NC2CCC(O)CC2)n1. The van der Waals surface area contributed by atoms with E-state index >= 15 is 0 Å². The van der Waals surface area contributed by atoms with Crippen molar-refractivity contribution in [3.05, 3.63) is 52.8 Å². The van der Waals surface area contributed by atoms with E-state index in [1.807, 2.05) is 10.6 Å². The summed E-state index contributed by atoms with van der Waals surface area (Å²) in [5, 5.41) is 24.7. The molecule has 2 aromatic heterocycles. The lowest BCUT2D eigenvalue weighted by Crippen LogP contribution is -2.29. The molecular formula is C18H19N5O3. The maximum absolute atomic E-state index is 11.2. The van der Waals surface area contributed by atoms with Crippen LogP contribution in [0, 0.1) is 10.1 Å². The van der Waals surface area contributed by atoms with Gasteiger partial charge in [-0.25, -0.2) is 4.98 Å². The Morgan fingerprint density at radius 3 is 2.77 bits per heavy atom. The number of nitro groups is 1. The molecule has 0 radical (unpaired) electrons. The average Bonchev–Trinajstić information content (AvgIpc) is 3.08. The van der Waals surface area contributed by atoms with E-state index in [2.05, 4.69) is 15.3 Å². The number of aromatic nitrogens is 3. The molecular weight excluding hydrogens is 334 g/mol. The number of fused-ring (bicyclic) bond motifs is 1. The number of non-ortho nitro benzene ring substituents is 1. The van der Waals surface area contributed by atoms with Gasteiger partial charge in [0.25, 0.3) is 5.69 Å². The highest BCUT2D eigenvalue weighted by Crippen LogP contribution is 2.28. The fraction of sp³-hybridized carbons (Fsp3) is 0.333. The molecule has 2 N–H and O–H groups in total. The maximum atomic E-state index is 11.2. The van der Waals surface area contributed by atoms with Gasteiger partial charge < -0.3 is 15.0 Å². The van der Waals surface area contributed by atoms with Gasteiger partial charge in [-0.1, -0.05) is 6.07 Å². The van der Waals surface area contributed by atoms with Crippen molar-refractivity contribution >= 4 is 22.5 Å². The van der Waals surface area contributed by atoms with Crippen LogP contribution in [0.4, 0.5) is 11.6 Å². The first kappa shape index (κ1) is 16.5. The van der Waals surface area contributed by atoms with E-state index in [0.717, 1.165) is 31.2 Å². The smallest absolute Gasteiger partial charge is 0.278 e. The second-order valence-electron chi connectivity index (χ2n) is 6.54. The van der Waals surface area contributed by atoms with Crippen molar-refractivity contribution in [2.75, 3.05) is 5.32 Å². The van der Waals surface area contributed by atoms with Gasteiger partial charge in [0.1, 0.15) is 5.82 Å². The quantitative estimate of drug-likeness (QED) is 0.551. The number of aliphatic hydroxyl groups is 1. The van der Waals surface area contributed by atoms with Crippen molar-refractivity contribution < 1.29 is 10.0 Å². The number of nitro benzene ring substituents is 1. The van der Waals surface area contributed by atoms with E-state index in [1.165, 1.54) is 6.07 Å². The minimum atomic E-state index is -0.378. The fourth-order valence-corrected chi connectivity index (χ4v) is 3.47. The van der Waals surface area contributed by atoms with Gasteiger partial charge in [-0.3, -0.25) is 10.1 Å². The van der Waals surface area contributed by atoms with Crippen molar-refractivity contribution in [1.82, 2.24) is 14.5 Å². The first-order chi connectivity index (χ1) is 12.6. The summed E-state index contributed by atoms with van der Waals surface area (Å²) in [4.78, 5) is 19.7. The van der Waals surface area contributed by atoms with Gasteiger partial charge in [0.05, 0.1) is 21.9 Å². The van der Waals surface area contributed by atoms with E-state index in [-0.39, 0.29) is 22.8 Å². The van der Waals surface area contributed by atoms with Crippen LogP contribution in [-0.2, 0) is 0 Å². The Balaban J connectivity index is 1.64. The molecule has 134 valence electrons. The third-order valence-corrected chi connectivity index (χ3v) is 4.82. The normalized spacial score (nSPS) is 20.2. The molecule has 3 aromatic rings. The monoisotopic (exact) mass is 353 g/mol. The Morgan fingerprint density at radius 2 is 2.00 bits per heavy atom. The van der Waals surface area contributed by atoms with Crippen LogP contribution in [0.1, 0.15) is 25.7 Å². The Morgan fingerprint density at radius 1 is 1.19 bits per heavy atom. The van der Waals surface area contributed by atoms with Gasteiger partial charge in [-0.15, -0.1) is 0 Å². The number of anilines is 1. The summed E-state index contributed by atoms with van der Waals surface area (Å²) >= 11 is 0. The molecule has 0 atom stereocenters. The van der Waals surface area contributed by atoms with Gasteiger partial charge in [0.15, 0.2) is 0 Å². The van der Waals surface area contributed by atoms with Crippen molar-refractivity contribution in [2.45, 2.75) is 37.8 Å². The summed E-state index contributed by atoms with van der Waals surface area (Å²) in [6, 6.07) is 8.75. The van der Waals surface area contributed by atoms with Gasteiger partial charge in [-0.2, -0.15) is 4.98 Å². The standard InChI is InChI=1S/C18H19N5O3/c24-13-6-4-12(5-7-13)20-18-19-10-8-17(21-18)22-11-9-14-15(22)2-1-3-16(14)23(25)26/h1-3,8-13,24H,4-7H2,(H,19,20,21). The van der Waals surface area contributed by atoms with Crippen molar-refractivity contribution in [2.24, 2.45) is 0 Å². The lowest BCUT2D eigenvalue weighted by Gasteiger charge is -2.26. The van der Waals surface area contributed by atoms with Crippen LogP contribution in [-0.4, -0.2) is 36.7 Å². The minimum Gasteiger partial charge on any atom is -0.393 e. The molecule has 0 spiro atoms.